The molecule has 0 aliphatic carbocycles. The van der Waals surface area contributed by atoms with E-state index < -0.39 is 5.76 Å². The molecule has 0 unspecified atom stereocenters. The lowest BCUT2D eigenvalue weighted by Crippen LogP contribution is -2.06. The van der Waals surface area contributed by atoms with Crippen LogP contribution in [0.5, 0.6) is 0 Å². The van der Waals surface area contributed by atoms with Crippen molar-refractivity contribution in [2.24, 2.45) is 7.05 Å². The lowest BCUT2D eigenvalue weighted by Gasteiger charge is -2.11. The van der Waals surface area contributed by atoms with E-state index in [4.69, 9.17) is 0 Å². The highest BCUT2D eigenvalue weighted by Gasteiger charge is 2.12. The largest absolute Gasteiger partial charge is 0.378 e. The van der Waals surface area contributed by atoms with E-state index in [-0.39, 0.29) is 0 Å². The molecule has 108 valence electrons. The fourth-order valence-corrected chi connectivity index (χ4v) is 2.95. The normalized spacial score (nSPS) is 11.1. The van der Waals surface area contributed by atoms with Gasteiger partial charge in [-0.3, -0.25) is 4.68 Å². The van der Waals surface area contributed by atoms with Crippen LogP contribution in [0.1, 0.15) is 11.4 Å². The number of nitrogens with one attached hydrogen (secondary N) is 1. The van der Waals surface area contributed by atoms with Crippen molar-refractivity contribution in [3.8, 4) is 0 Å². The summed E-state index contributed by atoms with van der Waals surface area (Å²) in [5.41, 5.74) is 2.57. The molecule has 0 amide bonds. The zero-order valence-corrected chi connectivity index (χ0v) is 13.4. The van der Waals surface area contributed by atoms with Gasteiger partial charge in [0.1, 0.15) is 0 Å². The minimum Gasteiger partial charge on any atom is -0.378 e. The first-order valence-corrected chi connectivity index (χ1v) is 7.62. The number of alkyl halides is 2. The highest BCUT2D eigenvalue weighted by molar-refractivity contribution is 9.10. The van der Waals surface area contributed by atoms with Gasteiger partial charge in [0, 0.05) is 17.6 Å². The van der Waals surface area contributed by atoms with Gasteiger partial charge >= 0.3 is 0 Å². The van der Waals surface area contributed by atoms with Gasteiger partial charge in [0.25, 0.3) is 5.76 Å². The quantitative estimate of drug-likeness (QED) is 0.799. The first-order valence-electron chi connectivity index (χ1n) is 5.94. The highest BCUT2D eigenvalue weighted by atomic mass is 79.9. The van der Waals surface area contributed by atoms with E-state index in [2.05, 4.69) is 26.3 Å². The Bertz CT molecular complexity index is 601. The number of anilines is 1. The van der Waals surface area contributed by atoms with E-state index in [9.17, 15) is 8.78 Å². The summed E-state index contributed by atoms with van der Waals surface area (Å²) in [4.78, 5) is 0.539. The molecule has 20 heavy (non-hydrogen) atoms. The Balaban J connectivity index is 2.15. The molecular weight excluding hydrogens is 348 g/mol. The Hall–Kier alpha value is -1.08. The number of halogens is 3. The molecule has 0 aliphatic heterocycles. The fourth-order valence-electron chi connectivity index (χ4n) is 1.86. The molecule has 0 spiro atoms. The van der Waals surface area contributed by atoms with Crippen LogP contribution in [0.3, 0.4) is 0 Å². The molecular formula is C13H14BrF2N3S. The minimum atomic E-state index is -2.43. The summed E-state index contributed by atoms with van der Waals surface area (Å²) < 4.78 is 27.7. The van der Waals surface area contributed by atoms with Crippen LogP contribution in [0, 0.1) is 6.92 Å². The van der Waals surface area contributed by atoms with Crippen LogP contribution in [-0.2, 0) is 13.6 Å². The molecule has 2 aromatic rings. The van der Waals surface area contributed by atoms with Gasteiger partial charge < -0.3 is 5.32 Å². The molecule has 0 saturated heterocycles. The van der Waals surface area contributed by atoms with Crippen LogP contribution in [-0.4, -0.2) is 15.5 Å². The van der Waals surface area contributed by atoms with Crippen molar-refractivity contribution in [3.63, 3.8) is 0 Å². The van der Waals surface area contributed by atoms with Crippen molar-refractivity contribution in [3.05, 3.63) is 40.1 Å². The number of nitrogens with zero attached hydrogens (tertiary/aromatic N) is 2. The predicted octanol–water partition coefficient (Wildman–Crippen LogP) is 4.42. The number of aromatic nitrogens is 2. The van der Waals surface area contributed by atoms with Gasteiger partial charge in [-0.05, 0) is 35.0 Å². The Morgan fingerprint density at radius 2 is 2.10 bits per heavy atom. The number of hydrogen-bond donors (Lipinski definition) is 1. The lowest BCUT2D eigenvalue weighted by molar-refractivity contribution is 0.252. The van der Waals surface area contributed by atoms with Crippen LogP contribution in [0.2, 0.25) is 0 Å². The summed E-state index contributed by atoms with van der Waals surface area (Å²) in [6.07, 6.45) is 0. The van der Waals surface area contributed by atoms with Crippen LogP contribution in [0.15, 0.2) is 33.6 Å². The molecule has 0 aliphatic rings. The molecule has 0 bridgehead atoms. The summed E-state index contributed by atoms with van der Waals surface area (Å²) in [5.74, 6) is -2.43. The number of rotatable bonds is 5. The maximum Gasteiger partial charge on any atom is 0.288 e. The molecule has 7 heteroatoms. The van der Waals surface area contributed by atoms with Crippen molar-refractivity contribution in [1.82, 2.24) is 9.78 Å². The number of hydrogen-bond acceptors (Lipinski definition) is 3. The van der Waals surface area contributed by atoms with Gasteiger partial charge in [0.2, 0.25) is 0 Å². The Morgan fingerprint density at radius 3 is 2.70 bits per heavy atom. The van der Waals surface area contributed by atoms with Crippen molar-refractivity contribution >= 4 is 33.4 Å². The zero-order chi connectivity index (χ0) is 14.7. The Labute approximate surface area is 128 Å². The summed E-state index contributed by atoms with van der Waals surface area (Å²) in [6, 6.07) is 7.05. The van der Waals surface area contributed by atoms with Gasteiger partial charge in [-0.2, -0.15) is 13.9 Å². The topological polar surface area (TPSA) is 29.9 Å². The molecule has 1 N–H and O–H groups in total. The van der Waals surface area contributed by atoms with Crippen LogP contribution < -0.4 is 5.32 Å². The minimum absolute atomic E-state index is 0.513. The second-order valence-electron chi connectivity index (χ2n) is 4.20. The average Bonchev–Trinajstić information content (AvgIpc) is 2.62. The van der Waals surface area contributed by atoms with Crippen LogP contribution in [0.25, 0.3) is 0 Å². The molecule has 3 nitrogen and oxygen atoms in total. The zero-order valence-electron chi connectivity index (χ0n) is 11.0. The third-order valence-electron chi connectivity index (χ3n) is 2.81. The van der Waals surface area contributed by atoms with Gasteiger partial charge in [-0.25, -0.2) is 0 Å². The predicted molar refractivity (Wildman–Crippen MR) is 81.3 cm³/mol. The highest BCUT2D eigenvalue weighted by Crippen LogP contribution is 2.32. The van der Waals surface area contributed by atoms with Gasteiger partial charge in [-0.1, -0.05) is 23.9 Å². The summed E-state index contributed by atoms with van der Waals surface area (Å²) >= 11 is 4.03. The summed E-state index contributed by atoms with van der Waals surface area (Å²) in [7, 11) is 1.86. The van der Waals surface area contributed by atoms with E-state index in [0.29, 0.717) is 28.9 Å². The number of benzene rings is 1. The maximum atomic E-state index is 12.5. The summed E-state index contributed by atoms with van der Waals surface area (Å²) in [6.45, 7) is 2.42. The van der Waals surface area contributed by atoms with E-state index in [1.165, 1.54) is 0 Å². The number of para-hydroxylation sites is 1. The van der Waals surface area contributed by atoms with Gasteiger partial charge in [0.15, 0.2) is 0 Å². The van der Waals surface area contributed by atoms with Crippen molar-refractivity contribution in [1.29, 1.82) is 0 Å². The van der Waals surface area contributed by atoms with Gasteiger partial charge in [-0.15, -0.1) is 0 Å². The second-order valence-corrected chi connectivity index (χ2v) is 6.02. The Kier molecular flexibility index (Phi) is 5.04. The van der Waals surface area contributed by atoms with Gasteiger partial charge in [0.05, 0.1) is 22.4 Å². The standard InChI is InChI=1S/C13H14BrF2N3S/c1-8-12(14)10(19(2)18-8)7-17-9-5-3-4-6-11(9)20-13(15)16/h3-6,13,17H,7H2,1-2H3. The van der Waals surface area contributed by atoms with E-state index in [1.807, 2.05) is 20.0 Å². The molecule has 1 aromatic heterocycles. The fraction of sp³-hybridized carbons (Fsp3) is 0.308. The smallest absolute Gasteiger partial charge is 0.288 e. The lowest BCUT2D eigenvalue weighted by atomic mass is 10.3. The van der Waals surface area contributed by atoms with Crippen molar-refractivity contribution in [2.75, 3.05) is 5.32 Å². The third kappa shape index (κ3) is 3.52. The summed E-state index contributed by atoms with van der Waals surface area (Å²) in [5, 5.41) is 7.48. The van der Waals surface area contributed by atoms with Crippen LogP contribution >= 0.6 is 27.7 Å². The third-order valence-corrected chi connectivity index (χ3v) is 4.63. The first kappa shape index (κ1) is 15.3. The van der Waals surface area contributed by atoms with Crippen molar-refractivity contribution < 1.29 is 8.78 Å². The molecule has 0 atom stereocenters. The monoisotopic (exact) mass is 361 g/mol. The molecule has 0 fully saturated rings. The average molecular weight is 362 g/mol. The van der Waals surface area contributed by atoms with E-state index >= 15 is 0 Å². The molecule has 1 heterocycles. The SMILES string of the molecule is Cc1nn(C)c(CNc2ccccc2SC(F)F)c1Br. The molecule has 0 saturated carbocycles. The molecule has 2 rings (SSSR count). The molecule has 0 radical (unpaired) electrons. The maximum absolute atomic E-state index is 12.5. The Morgan fingerprint density at radius 1 is 1.40 bits per heavy atom. The van der Waals surface area contributed by atoms with E-state index in [0.717, 1.165) is 15.9 Å². The number of aryl methyl sites for hydroxylation is 2. The number of thioether (sulfide) groups is 1. The van der Waals surface area contributed by atoms with Crippen molar-refractivity contribution in [2.45, 2.75) is 24.1 Å². The van der Waals surface area contributed by atoms with E-state index in [1.54, 1.807) is 22.9 Å². The molecule has 1 aromatic carbocycles. The first-order chi connectivity index (χ1) is 9.49. The second kappa shape index (κ2) is 6.58. The van der Waals surface area contributed by atoms with Crippen LogP contribution in [0.4, 0.5) is 14.5 Å².